The molecule has 2 N–H and O–H groups in total. The molecule has 0 aliphatic heterocycles. The number of imidazole rings is 1. The second-order valence-electron chi connectivity index (χ2n) is 8.33. The van der Waals surface area contributed by atoms with Gasteiger partial charge in [-0.25, -0.2) is 4.98 Å². The van der Waals surface area contributed by atoms with Gasteiger partial charge in [0.25, 0.3) is 11.8 Å². The lowest BCUT2D eigenvalue weighted by Crippen LogP contribution is -2.22. The summed E-state index contributed by atoms with van der Waals surface area (Å²) in [5, 5.41) is 5.66. The molecule has 0 spiro atoms. The van der Waals surface area contributed by atoms with E-state index in [-0.39, 0.29) is 17.6 Å². The molecule has 5 aromatic rings. The van der Waals surface area contributed by atoms with Crippen LogP contribution >= 0.6 is 0 Å². The molecule has 0 aliphatic carbocycles. The molecule has 0 atom stereocenters. The Balaban J connectivity index is 1.11. The van der Waals surface area contributed by atoms with Gasteiger partial charge in [-0.05, 0) is 72.6 Å². The lowest BCUT2D eigenvalue weighted by atomic mass is 10.1. The van der Waals surface area contributed by atoms with Crippen molar-refractivity contribution in [3.63, 3.8) is 0 Å². The molecular formula is C28H24N4O4. The molecule has 5 rings (SSSR count). The Morgan fingerprint density at radius 2 is 1.75 bits per heavy atom. The first-order valence-corrected chi connectivity index (χ1v) is 11.4. The lowest BCUT2D eigenvalue weighted by molar-refractivity contribution is 0.0949. The van der Waals surface area contributed by atoms with E-state index in [0.717, 1.165) is 22.5 Å². The van der Waals surface area contributed by atoms with E-state index >= 15 is 0 Å². The average molecular weight is 481 g/mol. The van der Waals surface area contributed by atoms with Crippen LogP contribution in [-0.4, -0.2) is 21.2 Å². The van der Waals surface area contributed by atoms with Crippen LogP contribution in [-0.2, 0) is 13.2 Å². The Morgan fingerprint density at radius 1 is 0.944 bits per heavy atom. The normalized spacial score (nSPS) is 10.8. The van der Waals surface area contributed by atoms with Crippen molar-refractivity contribution >= 4 is 23.1 Å². The van der Waals surface area contributed by atoms with Gasteiger partial charge in [0.15, 0.2) is 5.76 Å². The third-order valence-corrected chi connectivity index (χ3v) is 5.56. The minimum absolute atomic E-state index is 0.188. The molecule has 8 heteroatoms. The predicted molar refractivity (Wildman–Crippen MR) is 135 cm³/mol. The van der Waals surface area contributed by atoms with Crippen LogP contribution in [0.1, 0.15) is 37.7 Å². The first kappa shape index (κ1) is 22.9. The van der Waals surface area contributed by atoms with Gasteiger partial charge in [0, 0.05) is 30.2 Å². The van der Waals surface area contributed by atoms with Gasteiger partial charge in [-0.15, -0.1) is 0 Å². The summed E-state index contributed by atoms with van der Waals surface area (Å²) in [5.74, 6) is 0.398. The largest absolute Gasteiger partial charge is 0.487 e. The van der Waals surface area contributed by atoms with Gasteiger partial charge in [0.1, 0.15) is 18.0 Å². The third-order valence-electron chi connectivity index (χ3n) is 5.56. The molecule has 3 heterocycles. The van der Waals surface area contributed by atoms with E-state index in [0.29, 0.717) is 30.2 Å². The van der Waals surface area contributed by atoms with Gasteiger partial charge in [-0.2, -0.15) is 0 Å². The van der Waals surface area contributed by atoms with Crippen molar-refractivity contribution < 1.29 is 18.7 Å². The summed E-state index contributed by atoms with van der Waals surface area (Å²) in [7, 11) is 0. The van der Waals surface area contributed by atoms with Crippen molar-refractivity contribution in [1.82, 2.24) is 14.7 Å². The molecule has 0 unspecified atom stereocenters. The highest BCUT2D eigenvalue weighted by Gasteiger charge is 2.10. The molecule has 2 aromatic carbocycles. The van der Waals surface area contributed by atoms with Crippen molar-refractivity contribution in [2.75, 3.05) is 5.32 Å². The second kappa shape index (κ2) is 10.2. The smallest absolute Gasteiger partial charge is 0.291 e. The molecule has 0 saturated carbocycles. The zero-order valence-electron chi connectivity index (χ0n) is 19.6. The molecule has 36 heavy (non-hydrogen) atoms. The Kier molecular flexibility index (Phi) is 6.48. The first-order valence-electron chi connectivity index (χ1n) is 11.4. The number of amides is 2. The van der Waals surface area contributed by atoms with Crippen LogP contribution in [0.3, 0.4) is 0 Å². The van der Waals surface area contributed by atoms with E-state index < -0.39 is 0 Å². The Morgan fingerprint density at radius 3 is 2.50 bits per heavy atom. The molecule has 0 aliphatic rings. The van der Waals surface area contributed by atoms with Gasteiger partial charge in [-0.3, -0.25) is 9.59 Å². The molecule has 0 radical (unpaired) electrons. The SMILES string of the molecule is Cc1ccc2nc(COc3ccc(C(=O)NCc4ccc(NC(=O)c5ccco5)cc4)cc3)cn2c1. The summed E-state index contributed by atoms with van der Waals surface area (Å²) in [6, 6.07) is 21.5. The monoisotopic (exact) mass is 480 g/mol. The molecule has 180 valence electrons. The first-order chi connectivity index (χ1) is 17.5. The quantitative estimate of drug-likeness (QED) is 0.326. The number of aryl methyl sites for hydroxylation is 1. The fourth-order valence-corrected chi connectivity index (χ4v) is 3.68. The van der Waals surface area contributed by atoms with Gasteiger partial charge in [0.2, 0.25) is 0 Å². The molecule has 0 bridgehead atoms. The van der Waals surface area contributed by atoms with Gasteiger partial charge < -0.3 is 24.2 Å². The van der Waals surface area contributed by atoms with Crippen LogP contribution < -0.4 is 15.4 Å². The number of anilines is 1. The highest BCUT2D eigenvalue weighted by atomic mass is 16.5. The Bertz CT molecular complexity index is 1490. The van der Waals surface area contributed by atoms with E-state index in [9.17, 15) is 9.59 Å². The summed E-state index contributed by atoms with van der Waals surface area (Å²) >= 11 is 0. The van der Waals surface area contributed by atoms with Gasteiger partial charge in [-0.1, -0.05) is 18.2 Å². The van der Waals surface area contributed by atoms with Crippen molar-refractivity contribution in [3.05, 3.63) is 120 Å². The Hall–Kier alpha value is -4.85. The summed E-state index contributed by atoms with van der Waals surface area (Å²) in [6.45, 7) is 2.73. The van der Waals surface area contributed by atoms with Crippen molar-refractivity contribution in [1.29, 1.82) is 0 Å². The molecule has 0 fully saturated rings. The number of carbonyl (C=O) groups is 2. The number of ether oxygens (including phenoxy) is 1. The number of hydrogen-bond donors (Lipinski definition) is 2. The summed E-state index contributed by atoms with van der Waals surface area (Å²) in [5.41, 5.74) is 4.94. The number of nitrogens with one attached hydrogen (secondary N) is 2. The summed E-state index contributed by atoms with van der Waals surface area (Å²) < 4.78 is 12.9. The van der Waals surface area contributed by atoms with Crippen LogP contribution in [0, 0.1) is 6.92 Å². The highest BCUT2D eigenvalue weighted by molar-refractivity contribution is 6.02. The number of aromatic nitrogens is 2. The van der Waals surface area contributed by atoms with Crippen LogP contribution in [0.25, 0.3) is 5.65 Å². The number of hydrogen-bond acceptors (Lipinski definition) is 5. The maximum Gasteiger partial charge on any atom is 0.291 e. The topological polar surface area (TPSA) is 97.9 Å². The molecule has 8 nitrogen and oxygen atoms in total. The number of pyridine rings is 1. The maximum atomic E-state index is 12.5. The zero-order valence-corrected chi connectivity index (χ0v) is 19.6. The van der Waals surface area contributed by atoms with E-state index in [1.807, 2.05) is 48.0 Å². The molecule has 2 amide bonds. The van der Waals surface area contributed by atoms with Gasteiger partial charge in [0.05, 0.1) is 12.0 Å². The van der Waals surface area contributed by atoms with Crippen molar-refractivity contribution in [2.24, 2.45) is 0 Å². The average Bonchev–Trinajstić information content (AvgIpc) is 3.57. The van der Waals surface area contributed by atoms with Crippen LogP contribution in [0.4, 0.5) is 5.69 Å². The van der Waals surface area contributed by atoms with E-state index in [4.69, 9.17) is 9.15 Å². The second-order valence-corrected chi connectivity index (χ2v) is 8.33. The number of carbonyl (C=O) groups excluding carboxylic acids is 2. The minimum Gasteiger partial charge on any atom is -0.487 e. The fourth-order valence-electron chi connectivity index (χ4n) is 3.68. The van der Waals surface area contributed by atoms with Crippen molar-refractivity contribution in [3.8, 4) is 5.75 Å². The minimum atomic E-state index is -0.318. The maximum absolute atomic E-state index is 12.5. The van der Waals surface area contributed by atoms with E-state index in [1.54, 1.807) is 48.5 Å². The number of fused-ring (bicyclic) bond motifs is 1. The Labute approximate surface area is 207 Å². The van der Waals surface area contributed by atoms with E-state index in [1.165, 1.54) is 6.26 Å². The molecular weight excluding hydrogens is 456 g/mol. The van der Waals surface area contributed by atoms with Crippen LogP contribution in [0.2, 0.25) is 0 Å². The number of rotatable bonds is 8. The zero-order chi connectivity index (χ0) is 24.9. The molecule has 3 aromatic heterocycles. The predicted octanol–water partition coefficient (Wildman–Crippen LogP) is 5.00. The summed E-state index contributed by atoms with van der Waals surface area (Å²) in [6.07, 6.45) is 5.42. The van der Waals surface area contributed by atoms with Crippen molar-refractivity contribution in [2.45, 2.75) is 20.1 Å². The van der Waals surface area contributed by atoms with Crippen LogP contribution in [0.5, 0.6) is 5.75 Å². The number of nitrogens with zero attached hydrogens (tertiary/aromatic N) is 2. The van der Waals surface area contributed by atoms with Gasteiger partial charge >= 0.3 is 0 Å². The number of furan rings is 1. The standard InChI is InChI=1S/C28H24N4O4/c1-19-4-13-26-30-23(17-32(26)16-19)18-36-24-11-7-21(8-12-24)27(33)29-15-20-5-9-22(10-6-20)31-28(34)25-3-2-14-35-25/h2-14,16-17H,15,18H2,1H3,(H,29,33)(H,31,34). The third kappa shape index (κ3) is 5.44. The van der Waals surface area contributed by atoms with E-state index in [2.05, 4.69) is 15.6 Å². The fraction of sp³-hybridized carbons (Fsp3) is 0.107. The summed E-state index contributed by atoms with van der Waals surface area (Å²) in [4.78, 5) is 29.1. The lowest BCUT2D eigenvalue weighted by Gasteiger charge is -2.08. The number of benzene rings is 2. The highest BCUT2D eigenvalue weighted by Crippen LogP contribution is 2.16. The molecule has 0 saturated heterocycles. The van der Waals surface area contributed by atoms with Crippen LogP contribution in [0.15, 0.2) is 95.9 Å².